The molecule has 0 saturated heterocycles. The van der Waals surface area contributed by atoms with Crippen LogP contribution in [0, 0.1) is 0 Å². The second-order valence-corrected chi connectivity index (χ2v) is 3.39. The molecule has 82 valence electrons. The number of allylic oxidation sites excluding steroid dienone is 1. The lowest BCUT2D eigenvalue weighted by Crippen LogP contribution is -2.17. The van der Waals surface area contributed by atoms with Gasteiger partial charge in [0.1, 0.15) is 6.17 Å². The van der Waals surface area contributed by atoms with Crippen LogP contribution in [0.25, 0.3) is 0 Å². The quantitative estimate of drug-likeness (QED) is 0.548. The molecular formula is C10H18FNO2. The Morgan fingerprint density at radius 1 is 1.57 bits per heavy atom. The fourth-order valence-electron chi connectivity index (χ4n) is 0.913. The summed E-state index contributed by atoms with van der Waals surface area (Å²) < 4.78 is 17.9. The lowest BCUT2D eigenvalue weighted by Gasteiger charge is -2.08. The molecule has 3 nitrogen and oxygen atoms in total. The first-order valence-corrected chi connectivity index (χ1v) is 4.79. The summed E-state index contributed by atoms with van der Waals surface area (Å²) in [5.74, 6) is -0.587. The lowest BCUT2D eigenvalue weighted by atomic mass is 10.2. The first-order valence-electron chi connectivity index (χ1n) is 4.79. The van der Waals surface area contributed by atoms with Crippen LogP contribution in [0.5, 0.6) is 0 Å². The average Bonchev–Trinajstić information content (AvgIpc) is 2.02. The van der Waals surface area contributed by atoms with Gasteiger partial charge in [0.25, 0.3) is 0 Å². The van der Waals surface area contributed by atoms with E-state index in [1.807, 2.05) is 6.92 Å². The molecule has 0 aliphatic heterocycles. The van der Waals surface area contributed by atoms with Crippen molar-refractivity contribution in [3.05, 3.63) is 11.8 Å². The summed E-state index contributed by atoms with van der Waals surface area (Å²) in [6.45, 7) is 5.30. The van der Waals surface area contributed by atoms with Crippen molar-refractivity contribution in [1.82, 2.24) is 0 Å². The van der Waals surface area contributed by atoms with Gasteiger partial charge in [0, 0.05) is 6.08 Å². The molecule has 0 rings (SSSR count). The highest BCUT2D eigenvalue weighted by Crippen LogP contribution is 2.08. The minimum atomic E-state index is -1.25. The molecule has 0 saturated carbocycles. The number of nitrogens with two attached hydrogens (primary N) is 1. The summed E-state index contributed by atoms with van der Waals surface area (Å²) in [6.07, 6.45) is 0.572. The second kappa shape index (κ2) is 6.40. The number of ether oxygens (including phenoxy) is 1. The summed E-state index contributed by atoms with van der Waals surface area (Å²) in [5, 5.41) is 0. The summed E-state index contributed by atoms with van der Waals surface area (Å²) >= 11 is 0. The Kier molecular flexibility index (Phi) is 5.92. The van der Waals surface area contributed by atoms with E-state index in [-0.39, 0.29) is 11.8 Å². The smallest absolute Gasteiger partial charge is 0.332 e. The molecule has 0 bridgehead atoms. The van der Waals surface area contributed by atoms with Gasteiger partial charge in [-0.3, -0.25) is 0 Å². The predicted molar refractivity (Wildman–Crippen MR) is 53.3 cm³/mol. The molecule has 4 heteroatoms. The number of hydrogen-bond donors (Lipinski definition) is 1. The molecule has 0 aromatic heterocycles. The molecule has 0 radical (unpaired) electrons. The van der Waals surface area contributed by atoms with Gasteiger partial charge >= 0.3 is 5.97 Å². The van der Waals surface area contributed by atoms with Gasteiger partial charge in [-0.1, -0.05) is 13.3 Å². The fourth-order valence-corrected chi connectivity index (χ4v) is 0.913. The fraction of sp³-hybridized carbons (Fsp3) is 0.700. The topological polar surface area (TPSA) is 52.3 Å². The third-order valence-corrected chi connectivity index (χ3v) is 1.54. The van der Waals surface area contributed by atoms with Crippen molar-refractivity contribution in [2.75, 3.05) is 0 Å². The molecular weight excluding hydrogens is 185 g/mol. The number of rotatable bonds is 5. The van der Waals surface area contributed by atoms with E-state index in [1.54, 1.807) is 13.8 Å². The molecule has 0 fully saturated rings. The van der Waals surface area contributed by atoms with Gasteiger partial charge in [0.2, 0.25) is 0 Å². The maximum atomic E-state index is 13.1. The molecule has 0 aromatic carbocycles. The highest BCUT2D eigenvalue weighted by molar-refractivity contribution is 5.82. The van der Waals surface area contributed by atoms with Gasteiger partial charge in [-0.2, -0.15) is 0 Å². The summed E-state index contributed by atoms with van der Waals surface area (Å²) in [6, 6.07) is 0. The van der Waals surface area contributed by atoms with Crippen LogP contribution in [0.4, 0.5) is 4.39 Å². The average molecular weight is 203 g/mol. The third kappa shape index (κ3) is 5.56. The Bertz CT molecular complexity index is 214. The van der Waals surface area contributed by atoms with Gasteiger partial charge in [0.15, 0.2) is 0 Å². The normalized spacial score (nSPS) is 14.2. The van der Waals surface area contributed by atoms with E-state index < -0.39 is 12.1 Å². The van der Waals surface area contributed by atoms with Gasteiger partial charge < -0.3 is 10.5 Å². The van der Waals surface area contributed by atoms with E-state index in [2.05, 4.69) is 0 Å². The number of carbonyl (C=O) groups excluding carboxylic acids is 1. The Morgan fingerprint density at radius 3 is 2.57 bits per heavy atom. The van der Waals surface area contributed by atoms with Crippen LogP contribution in [-0.4, -0.2) is 18.2 Å². The van der Waals surface area contributed by atoms with E-state index in [0.29, 0.717) is 12.8 Å². The number of hydrogen-bond acceptors (Lipinski definition) is 3. The summed E-state index contributed by atoms with van der Waals surface area (Å²) in [5.41, 5.74) is 5.31. The molecule has 2 N–H and O–H groups in total. The SMILES string of the molecule is CCCC(F)C(N)=CC(=O)OC(C)C. The molecule has 1 unspecified atom stereocenters. The van der Waals surface area contributed by atoms with E-state index in [0.717, 1.165) is 6.08 Å². The first kappa shape index (κ1) is 12.9. The standard InChI is InChI=1S/C10H18FNO2/c1-4-5-8(11)9(12)6-10(13)14-7(2)3/h6-8H,4-5,12H2,1-3H3. The van der Waals surface area contributed by atoms with Crippen molar-refractivity contribution < 1.29 is 13.9 Å². The zero-order valence-corrected chi connectivity index (χ0v) is 8.92. The monoisotopic (exact) mass is 203 g/mol. The molecule has 0 heterocycles. The van der Waals surface area contributed by atoms with Crippen LogP contribution in [0.15, 0.2) is 11.8 Å². The van der Waals surface area contributed by atoms with E-state index in [9.17, 15) is 9.18 Å². The lowest BCUT2D eigenvalue weighted by molar-refractivity contribution is -0.141. The van der Waals surface area contributed by atoms with E-state index in [1.165, 1.54) is 0 Å². The molecule has 0 spiro atoms. The van der Waals surface area contributed by atoms with E-state index >= 15 is 0 Å². The summed E-state index contributed by atoms with van der Waals surface area (Å²) in [4.78, 5) is 11.0. The van der Waals surface area contributed by atoms with Crippen LogP contribution in [0.2, 0.25) is 0 Å². The summed E-state index contributed by atoms with van der Waals surface area (Å²) in [7, 11) is 0. The van der Waals surface area contributed by atoms with Gasteiger partial charge in [-0.15, -0.1) is 0 Å². The second-order valence-electron chi connectivity index (χ2n) is 3.39. The highest BCUT2D eigenvalue weighted by Gasteiger charge is 2.11. The Labute approximate surface area is 84.1 Å². The predicted octanol–water partition coefficient (Wildman–Crippen LogP) is 1.92. The maximum absolute atomic E-state index is 13.1. The van der Waals surface area contributed by atoms with Gasteiger partial charge in [0.05, 0.1) is 11.8 Å². The van der Waals surface area contributed by atoms with Crippen molar-refractivity contribution in [2.45, 2.75) is 45.9 Å². The van der Waals surface area contributed by atoms with Crippen LogP contribution in [-0.2, 0) is 9.53 Å². The largest absolute Gasteiger partial charge is 0.460 e. The van der Waals surface area contributed by atoms with Crippen molar-refractivity contribution in [1.29, 1.82) is 0 Å². The molecule has 1 atom stereocenters. The van der Waals surface area contributed by atoms with Gasteiger partial charge in [-0.05, 0) is 20.3 Å². The molecule has 0 aromatic rings. The zero-order valence-electron chi connectivity index (χ0n) is 8.92. The third-order valence-electron chi connectivity index (χ3n) is 1.54. The Morgan fingerprint density at radius 2 is 2.14 bits per heavy atom. The molecule has 14 heavy (non-hydrogen) atoms. The van der Waals surface area contributed by atoms with Crippen LogP contribution in [0.3, 0.4) is 0 Å². The van der Waals surface area contributed by atoms with Gasteiger partial charge in [-0.25, -0.2) is 9.18 Å². The maximum Gasteiger partial charge on any atom is 0.332 e. The molecule has 0 aliphatic carbocycles. The molecule has 0 amide bonds. The Balaban J connectivity index is 4.14. The van der Waals surface area contributed by atoms with Crippen molar-refractivity contribution in [2.24, 2.45) is 5.73 Å². The minimum Gasteiger partial charge on any atom is -0.460 e. The van der Waals surface area contributed by atoms with Crippen LogP contribution >= 0.6 is 0 Å². The molecule has 0 aliphatic rings. The minimum absolute atomic E-state index is 0.0579. The van der Waals surface area contributed by atoms with Crippen molar-refractivity contribution in [3.8, 4) is 0 Å². The number of alkyl halides is 1. The van der Waals surface area contributed by atoms with Crippen LogP contribution < -0.4 is 5.73 Å². The van der Waals surface area contributed by atoms with Crippen molar-refractivity contribution in [3.63, 3.8) is 0 Å². The number of carbonyl (C=O) groups is 1. The number of esters is 1. The number of halogens is 1. The first-order chi connectivity index (χ1) is 6.47. The zero-order chi connectivity index (χ0) is 11.1. The Hall–Kier alpha value is -1.06. The van der Waals surface area contributed by atoms with Crippen LogP contribution in [0.1, 0.15) is 33.6 Å². The highest BCUT2D eigenvalue weighted by atomic mass is 19.1. The van der Waals surface area contributed by atoms with Crippen molar-refractivity contribution >= 4 is 5.97 Å². The van der Waals surface area contributed by atoms with E-state index in [4.69, 9.17) is 10.5 Å².